The first-order valence-corrected chi connectivity index (χ1v) is 7.15. The average Bonchev–Trinajstić information content (AvgIpc) is 2.40. The number of anilines is 1. The highest BCUT2D eigenvalue weighted by Gasteiger charge is 2.15. The Kier molecular flexibility index (Phi) is 4.65. The van der Waals surface area contributed by atoms with Crippen LogP contribution in [0.1, 0.15) is 50.5 Å². The van der Waals surface area contributed by atoms with Gasteiger partial charge in [-0.1, -0.05) is 31.4 Å². The number of hydrogen-bond donors (Lipinski definition) is 1. The molecular formula is C15H20ClNO. The summed E-state index contributed by atoms with van der Waals surface area (Å²) < 4.78 is 0. The molecule has 1 aromatic rings. The van der Waals surface area contributed by atoms with E-state index in [1.807, 2.05) is 12.1 Å². The summed E-state index contributed by atoms with van der Waals surface area (Å²) in [5.74, 6) is 0.553. The van der Waals surface area contributed by atoms with Crippen LogP contribution in [-0.4, -0.2) is 11.3 Å². The first-order valence-electron chi connectivity index (χ1n) is 6.71. The Hall–Kier alpha value is -1.02. The van der Waals surface area contributed by atoms with Gasteiger partial charge in [-0.25, -0.2) is 0 Å². The molecule has 1 amide bonds. The summed E-state index contributed by atoms with van der Waals surface area (Å²) in [5, 5.41) is 2.30. The third-order valence-electron chi connectivity index (χ3n) is 3.62. The topological polar surface area (TPSA) is 29.1 Å². The lowest BCUT2D eigenvalue weighted by atomic mass is 9.84. The molecule has 2 nitrogen and oxygen atoms in total. The van der Waals surface area contributed by atoms with E-state index in [9.17, 15) is 4.79 Å². The maximum atomic E-state index is 11.5. The fourth-order valence-electron chi connectivity index (χ4n) is 2.52. The van der Waals surface area contributed by atoms with E-state index >= 15 is 0 Å². The molecule has 18 heavy (non-hydrogen) atoms. The van der Waals surface area contributed by atoms with Gasteiger partial charge in [0.25, 0.3) is 0 Å². The normalized spacial score (nSPS) is 18.3. The average molecular weight is 266 g/mol. The molecule has 0 heterocycles. The van der Waals surface area contributed by atoms with Gasteiger partial charge in [-0.05, 0) is 43.4 Å². The van der Waals surface area contributed by atoms with Crippen LogP contribution in [0.15, 0.2) is 24.3 Å². The van der Waals surface area contributed by atoms with E-state index < -0.39 is 5.38 Å². The van der Waals surface area contributed by atoms with E-state index in [0.29, 0.717) is 5.92 Å². The summed E-state index contributed by atoms with van der Waals surface area (Å²) in [6.07, 6.45) is 6.65. The zero-order valence-electron chi connectivity index (χ0n) is 10.8. The largest absolute Gasteiger partial charge is 0.325 e. The number of amides is 1. The lowest BCUT2D eigenvalue weighted by molar-refractivity contribution is -0.115. The van der Waals surface area contributed by atoms with E-state index in [1.165, 1.54) is 37.7 Å². The molecule has 0 bridgehead atoms. The lowest BCUT2D eigenvalue weighted by Crippen LogP contribution is -2.20. The molecule has 1 fully saturated rings. The Bertz CT molecular complexity index is 393. The molecule has 3 heteroatoms. The maximum Gasteiger partial charge on any atom is 0.242 e. The van der Waals surface area contributed by atoms with Crippen molar-refractivity contribution in [1.29, 1.82) is 0 Å². The van der Waals surface area contributed by atoms with Gasteiger partial charge in [0.05, 0.1) is 0 Å². The second-order valence-electron chi connectivity index (χ2n) is 5.06. The highest BCUT2D eigenvalue weighted by atomic mass is 35.5. The minimum Gasteiger partial charge on any atom is -0.325 e. The molecule has 0 aliphatic heterocycles. The molecule has 0 spiro atoms. The van der Waals surface area contributed by atoms with E-state index in [4.69, 9.17) is 11.6 Å². The SMILES string of the molecule is CC(Cl)C(=O)Nc1ccc(C2CCCCC2)cc1. The molecule has 98 valence electrons. The number of carbonyl (C=O) groups is 1. The number of hydrogen-bond acceptors (Lipinski definition) is 1. The van der Waals surface area contributed by atoms with Crippen LogP contribution in [0.25, 0.3) is 0 Å². The standard InChI is InChI=1S/C15H20ClNO/c1-11(16)15(18)17-14-9-7-13(8-10-14)12-5-3-2-4-6-12/h7-12H,2-6H2,1H3,(H,17,18). The first kappa shape index (κ1) is 13.4. The number of benzene rings is 1. The number of nitrogens with one attached hydrogen (secondary N) is 1. The highest BCUT2D eigenvalue weighted by molar-refractivity contribution is 6.32. The summed E-state index contributed by atoms with van der Waals surface area (Å²) in [5.41, 5.74) is 2.22. The predicted octanol–water partition coefficient (Wildman–Crippen LogP) is 4.30. The van der Waals surface area contributed by atoms with Crippen molar-refractivity contribution < 1.29 is 4.79 Å². The monoisotopic (exact) mass is 265 g/mol. The predicted molar refractivity (Wildman–Crippen MR) is 76.2 cm³/mol. The zero-order valence-corrected chi connectivity index (χ0v) is 11.5. The molecule has 1 saturated carbocycles. The van der Waals surface area contributed by atoms with Crippen LogP contribution in [0, 0.1) is 0 Å². The smallest absolute Gasteiger partial charge is 0.242 e. The van der Waals surface area contributed by atoms with Gasteiger partial charge < -0.3 is 5.32 Å². The zero-order chi connectivity index (χ0) is 13.0. The summed E-state index contributed by atoms with van der Waals surface area (Å²) in [6, 6.07) is 8.21. The van der Waals surface area contributed by atoms with Crippen LogP contribution >= 0.6 is 11.6 Å². The van der Waals surface area contributed by atoms with Crippen molar-refractivity contribution in [1.82, 2.24) is 0 Å². The van der Waals surface area contributed by atoms with Crippen LogP contribution in [0.5, 0.6) is 0 Å². The van der Waals surface area contributed by atoms with Gasteiger partial charge in [-0.2, -0.15) is 0 Å². The maximum absolute atomic E-state index is 11.5. The van der Waals surface area contributed by atoms with Crippen molar-refractivity contribution in [3.05, 3.63) is 29.8 Å². The molecule has 0 radical (unpaired) electrons. The minimum absolute atomic E-state index is 0.151. The van der Waals surface area contributed by atoms with Gasteiger partial charge in [0.2, 0.25) is 5.91 Å². The number of carbonyl (C=O) groups excluding carboxylic acids is 1. The minimum atomic E-state index is -0.497. The lowest BCUT2D eigenvalue weighted by Gasteiger charge is -2.22. The van der Waals surface area contributed by atoms with E-state index in [-0.39, 0.29) is 5.91 Å². The van der Waals surface area contributed by atoms with E-state index in [2.05, 4.69) is 17.4 Å². The van der Waals surface area contributed by atoms with Crippen LogP contribution in [0.3, 0.4) is 0 Å². The van der Waals surface area contributed by atoms with E-state index in [1.54, 1.807) is 6.92 Å². The van der Waals surface area contributed by atoms with E-state index in [0.717, 1.165) is 5.69 Å². The van der Waals surface area contributed by atoms with Crippen LogP contribution in [0.4, 0.5) is 5.69 Å². The summed E-state index contributed by atoms with van der Waals surface area (Å²) in [6.45, 7) is 1.67. The van der Waals surface area contributed by atoms with Gasteiger partial charge >= 0.3 is 0 Å². The Morgan fingerprint density at radius 3 is 2.39 bits per heavy atom. The highest BCUT2D eigenvalue weighted by Crippen LogP contribution is 2.32. The van der Waals surface area contributed by atoms with Gasteiger partial charge in [0, 0.05) is 5.69 Å². The molecule has 1 aliphatic carbocycles. The fourth-order valence-corrected chi connectivity index (χ4v) is 2.57. The number of halogens is 1. The number of alkyl halides is 1. The summed E-state index contributed by atoms with van der Waals surface area (Å²) >= 11 is 5.72. The molecule has 0 aromatic heterocycles. The van der Waals surface area contributed by atoms with Crippen molar-refractivity contribution in [3.8, 4) is 0 Å². The van der Waals surface area contributed by atoms with Crippen LogP contribution < -0.4 is 5.32 Å². The number of rotatable bonds is 3. The Morgan fingerprint density at radius 1 is 1.22 bits per heavy atom. The quantitative estimate of drug-likeness (QED) is 0.811. The van der Waals surface area contributed by atoms with Crippen molar-refractivity contribution in [3.63, 3.8) is 0 Å². The van der Waals surface area contributed by atoms with Gasteiger partial charge in [-0.3, -0.25) is 4.79 Å². The second-order valence-corrected chi connectivity index (χ2v) is 5.72. The third-order valence-corrected chi connectivity index (χ3v) is 3.81. The Morgan fingerprint density at radius 2 is 1.83 bits per heavy atom. The Labute approximate surface area is 114 Å². The van der Waals surface area contributed by atoms with Gasteiger partial charge in [0.1, 0.15) is 5.38 Å². The second kappa shape index (κ2) is 6.24. The van der Waals surface area contributed by atoms with Gasteiger partial charge in [-0.15, -0.1) is 11.6 Å². The third kappa shape index (κ3) is 3.49. The van der Waals surface area contributed by atoms with Crippen LogP contribution in [-0.2, 0) is 4.79 Å². The molecule has 1 N–H and O–H groups in total. The fraction of sp³-hybridized carbons (Fsp3) is 0.533. The van der Waals surface area contributed by atoms with Gasteiger partial charge in [0.15, 0.2) is 0 Å². The Balaban J connectivity index is 1.98. The van der Waals surface area contributed by atoms with Crippen molar-refractivity contribution >= 4 is 23.2 Å². The van der Waals surface area contributed by atoms with Crippen molar-refractivity contribution in [2.45, 2.75) is 50.3 Å². The van der Waals surface area contributed by atoms with Crippen molar-refractivity contribution in [2.75, 3.05) is 5.32 Å². The molecule has 1 aliphatic rings. The molecule has 2 rings (SSSR count). The molecular weight excluding hydrogens is 246 g/mol. The first-order chi connectivity index (χ1) is 8.66. The summed E-state index contributed by atoms with van der Waals surface area (Å²) in [4.78, 5) is 11.5. The molecule has 1 unspecified atom stereocenters. The summed E-state index contributed by atoms with van der Waals surface area (Å²) in [7, 11) is 0. The molecule has 1 atom stereocenters. The molecule has 0 saturated heterocycles. The molecule has 1 aromatic carbocycles. The van der Waals surface area contributed by atoms with Crippen LogP contribution in [0.2, 0.25) is 0 Å². The van der Waals surface area contributed by atoms with Crippen molar-refractivity contribution in [2.24, 2.45) is 0 Å².